The summed E-state index contributed by atoms with van der Waals surface area (Å²) >= 11 is 6.03. The third-order valence-corrected chi connectivity index (χ3v) is 6.94. The van der Waals surface area contributed by atoms with Crippen LogP contribution in [-0.4, -0.2) is 35.0 Å². The first-order chi connectivity index (χ1) is 19.9. The lowest BCUT2D eigenvalue weighted by Crippen LogP contribution is -2.39. The lowest BCUT2D eigenvalue weighted by atomic mass is 10.0. The van der Waals surface area contributed by atoms with Crippen molar-refractivity contribution in [2.24, 2.45) is 0 Å². The molecule has 230 valence electrons. The predicted molar refractivity (Wildman–Crippen MR) is 170 cm³/mol. The summed E-state index contributed by atoms with van der Waals surface area (Å²) in [5.74, 6) is -0.810. The van der Waals surface area contributed by atoms with Gasteiger partial charge in [-0.1, -0.05) is 50.6 Å². The van der Waals surface area contributed by atoms with Crippen LogP contribution in [-0.2, 0) is 16.0 Å². The Morgan fingerprint density at radius 2 is 1.83 bits per heavy atom. The second-order valence-electron chi connectivity index (χ2n) is 9.95. The molecule has 2 rings (SSSR count). The maximum Gasteiger partial charge on any atom is 0.303 e. The first-order valence-corrected chi connectivity index (χ1v) is 14.7. The summed E-state index contributed by atoms with van der Waals surface area (Å²) in [5.41, 5.74) is 3.73. The monoisotopic (exact) mass is 600 g/mol. The van der Waals surface area contributed by atoms with Gasteiger partial charge in [-0.05, 0) is 93.5 Å². The van der Waals surface area contributed by atoms with E-state index in [9.17, 15) is 14.0 Å². The van der Waals surface area contributed by atoms with E-state index in [4.69, 9.17) is 21.4 Å². The molecule has 0 saturated carbocycles. The summed E-state index contributed by atoms with van der Waals surface area (Å²) in [7, 11) is 1.84. The molecule has 6 nitrogen and oxygen atoms in total. The number of nitrogens with zero attached hydrogens (tertiary/aromatic N) is 1. The molecule has 2 aromatic rings. The van der Waals surface area contributed by atoms with Crippen LogP contribution in [0.5, 0.6) is 11.5 Å². The van der Waals surface area contributed by atoms with E-state index < -0.39 is 17.8 Å². The molecule has 0 radical (unpaired) electrons. The maximum absolute atomic E-state index is 14.7. The topological polar surface area (TPSA) is 78.9 Å². The van der Waals surface area contributed by atoms with Crippen LogP contribution >= 0.6 is 11.6 Å². The molecule has 2 aromatic carbocycles. The van der Waals surface area contributed by atoms with Crippen LogP contribution in [0, 0.1) is 12.7 Å². The number of carboxylic acid groups (broad SMARTS) is 1. The number of benzene rings is 2. The third kappa shape index (κ3) is 11.4. The SMILES string of the molecule is C=CC(C)N(C)/C(C(=O)NC(CC)c1cc(F)cc(Oc2ccc(CCC(=O)O)c(C)c2)c1)=C(/C)C/C=C(\C)Cl.CC. The molecule has 0 fully saturated rings. The van der Waals surface area contributed by atoms with Crippen LogP contribution in [0.1, 0.15) is 83.5 Å². The number of aryl methyl sites for hydroxylation is 2. The van der Waals surface area contributed by atoms with Crippen LogP contribution in [0.25, 0.3) is 0 Å². The second-order valence-corrected chi connectivity index (χ2v) is 10.5. The lowest BCUT2D eigenvalue weighted by molar-refractivity contribution is -0.137. The Labute approximate surface area is 255 Å². The molecular weight excluding hydrogens is 555 g/mol. The van der Waals surface area contributed by atoms with Crippen molar-refractivity contribution in [3.05, 3.63) is 93.9 Å². The van der Waals surface area contributed by atoms with E-state index >= 15 is 0 Å². The number of carbonyl (C=O) groups excluding carboxylic acids is 1. The molecule has 0 aliphatic heterocycles. The van der Waals surface area contributed by atoms with Crippen LogP contribution in [0.2, 0.25) is 0 Å². The van der Waals surface area contributed by atoms with Crippen molar-refractivity contribution in [3.8, 4) is 11.5 Å². The Hall–Kier alpha value is -3.58. The number of hydrogen-bond acceptors (Lipinski definition) is 4. The fourth-order valence-corrected chi connectivity index (χ4v) is 4.37. The van der Waals surface area contributed by atoms with E-state index in [1.807, 2.05) is 65.6 Å². The normalized spacial score (nSPS) is 13.1. The summed E-state index contributed by atoms with van der Waals surface area (Å²) in [4.78, 5) is 26.4. The van der Waals surface area contributed by atoms with Gasteiger partial charge in [0.25, 0.3) is 5.91 Å². The Balaban J connectivity index is 0.00000431. The van der Waals surface area contributed by atoms with E-state index in [0.29, 0.717) is 47.1 Å². The molecule has 0 saturated heterocycles. The minimum Gasteiger partial charge on any atom is -0.481 e. The highest BCUT2D eigenvalue weighted by Crippen LogP contribution is 2.29. The van der Waals surface area contributed by atoms with Crippen LogP contribution in [0.3, 0.4) is 0 Å². The van der Waals surface area contributed by atoms with Gasteiger partial charge in [0, 0.05) is 30.6 Å². The molecular formula is C34H46ClFN2O4. The number of halogens is 2. The highest BCUT2D eigenvalue weighted by molar-refractivity contribution is 6.29. The molecule has 0 bridgehead atoms. The smallest absolute Gasteiger partial charge is 0.303 e. The molecule has 42 heavy (non-hydrogen) atoms. The number of carbonyl (C=O) groups is 2. The number of nitrogens with one attached hydrogen (secondary N) is 1. The predicted octanol–water partition coefficient (Wildman–Crippen LogP) is 8.85. The second kappa shape index (κ2) is 18.1. The zero-order valence-electron chi connectivity index (χ0n) is 26.2. The van der Waals surface area contributed by atoms with Gasteiger partial charge in [-0.25, -0.2) is 4.39 Å². The summed E-state index contributed by atoms with van der Waals surface area (Å²) in [6.07, 6.45) is 5.11. The molecule has 0 aromatic heterocycles. The fraction of sp³-hybridized carbons (Fsp3) is 0.412. The molecule has 2 atom stereocenters. The van der Waals surface area contributed by atoms with E-state index in [2.05, 4.69) is 11.9 Å². The van der Waals surface area contributed by atoms with Crippen LogP contribution in [0.4, 0.5) is 4.39 Å². The quantitative estimate of drug-likeness (QED) is 0.167. The van der Waals surface area contributed by atoms with E-state index in [1.165, 1.54) is 12.1 Å². The number of amides is 1. The van der Waals surface area contributed by atoms with Gasteiger partial charge in [0.15, 0.2) is 0 Å². The fourth-order valence-electron chi connectivity index (χ4n) is 4.29. The van der Waals surface area contributed by atoms with Crippen LogP contribution < -0.4 is 10.1 Å². The lowest BCUT2D eigenvalue weighted by Gasteiger charge is -2.30. The van der Waals surface area contributed by atoms with Crippen LogP contribution in [0.15, 0.2) is 71.4 Å². The van der Waals surface area contributed by atoms with Crippen molar-refractivity contribution in [1.82, 2.24) is 10.2 Å². The average Bonchev–Trinajstić information content (AvgIpc) is 2.94. The zero-order valence-corrected chi connectivity index (χ0v) is 26.9. The van der Waals surface area contributed by atoms with E-state index in [1.54, 1.807) is 31.2 Å². The zero-order chi connectivity index (χ0) is 32.0. The number of carboxylic acids is 1. The van der Waals surface area contributed by atoms with Gasteiger partial charge in [0.2, 0.25) is 0 Å². The third-order valence-electron chi connectivity index (χ3n) is 6.78. The molecule has 0 aliphatic carbocycles. The van der Waals surface area contributed by atoms with E-state index in [-0.39, 0.29) is 18.4 Å². The minimum absolute atomic E-state index is 0.0419. The Bertz CT molecular complexity index is 1280. The van der Waals surface area contributed by atoms with Crippen molar-refractivity contribution in [2.75, 3.05) is 7.05 Å². The molecule has 1 amide bonds. The molecule has 2 N–H and O–H groups in total. The number of ether oxygens (including phenoxy) is 1. The number of rotatable bonds is 14. The number of allylic oxidation sites excluding steroid dienone is 3. The average molecular weight is 601 g/mol. The van der Waals surface area contributed by atoms with Crippen molar-refractivity contribution in [2.45, 2.75) is 86.2 Å². The van der Waals surface area contributed by atoms with Gasteiger partial charge >= 0.3 is 5.97 Å². The number of aliphatic carboxylic acids is 1. The first-order valence-electron chi connectivity index (χ1n) is 14.3. The van der Waals surface area contributed by atoms with Crippen molar-refractivity contribution >= 4 is 23.5 Å². The van der Waals surface area contributed by atoms with E-state index in [0.717, 1.165) is 16.7 Å². The largest absolute Gasteiger partial charge is 0.481 e. The summed E-state index contributed by atoms with van der Waals surface area (Å²) in [6, 6.07) is 9.21. The Kier molecular flexibility index (Phi) is 15.7. The van der Waals surface area contributed by atoms with Gasteiger partial charge in [0.1, 0.15) is 23.0 Å². The first kappa shape index (κ1) is 36.4. The number of likely N-dealkylation sites (N-methyl/N-ethyl adjacent to an activating group) is 1. The summed E-state index contributed by atoms with van der Waals surface area (Å²) < 4.78 is 20.7. The van der Waals surface area contributed by atoms with Crippen molar-refractivity contribution in [1.29, 1.82) is 0 Å². The Morgan fingerprint density at radius 1 is 1.17 bits per heavy atom. The molecule has 0 spiro atoms. The van der Waals surface area contributed by atoms with Gasteiger partial charge in [-0.15, -0.1) is 6.58 Å². The van der Waals surface area contributed by atoms with Crippen molar-refractivity contribution in [3.63, 3.8) is 0 Å². The summed E-state index contributed by atoms with van der Waals surface area (Å²) in [5, 5.41) is 12.7. The van der Waals surface area contributed by atoms with Gasteiger partial charge in [-0.3, -0.25) is 9.59 Å². The molecule has 8 heteroatoms. The number of hydrogen-bond donors (Lipinski definition) is 2. The van der Waals surface area contributed by atoms with Gasteiger partial charge in [0.05, 0.1) is 6.04 Å². The van der Waals surface area contributed by atoms with Gasteiger partial charge in [-0.2, -0.15) is 0 Å². The highest BCUT2D eigenvalue weighted by atomic mass is 35.5. The maximum atomic E-state index is 14.7. The highest BCUT2D eigenvalue weighted by Gasteiger charge is 2.23. The van der Waals surface area contributed by atoms with Gasteiger partial charge < -0.3 is 20.1 Å². The summed E-state index contributed by atoms with van der Waals surface area (Å²) in [6.45, 7) is 17.3. The Morgan fingerprint density at radius 3 is 2.38 bits per heavy atom. The molecule has 2 unspecified atom stereocenters. The standard InChI is InChI=1S/C32H40ClFN2O4.C2H6/c1-8-23(6)36(7)31(20(3)10-11-22(5)33)32(39)35-29(9-2)25-17-26(34)19-28(18-25)40-27-14-12-24(21(4)16-27)13-15-30(37)38;1-2/h8,11-12,14,16-19,23,29H,1,9-10,13,15H2,2-7H3,(H,35,39)(H,37,38);1-2H3/b22-11+,31-20-;. The van der Waals surface area contributed by atoms with Crippen molar-refractivity contribution < 1.29 is 23.8 Å². The molecule has 0 heterocycles. The molecule has 0 aliphatic rings. The minimum atomic E-state index is -0.855.